The SMILES string of the molecule is CCCCCCC1=C(c2cc(CCCC)cc(CCCCCC)c2)[N+](=[N-])C(c2cc(CCCC)cc(CCCCCC)c2)=C1. The van der Waals surface area contributed by atoms with Crippen LogP contribution in [0.15, 0.2) is 48.0 Å². The Labute approximate surface area is 271 Å². The maximum atomic E-state index is 12.0. The Hall–Kier alpha value is -2.48. The third-order valence-electron chi connectivity index (χ3n) is 9.31. The van der Waals surface area contributed by atoms with E-state index in [1.54, 1.807) is 4.70 Å². The lowest BCUT2D eigenvalue weighted by molar-refractivity contribution is -0.344. The molecule has 0 aromatic heterocycles. The summed E-state index contributed by atoms with van der Waals surface area (Å²) in [5.74, 6) is 0. The van der Waals surface area contributed by atoms with Gasteiger partial charge in [0.05, 0.1) is 0 Å². The van der Waals surface area contributed by atoms with Crippen LogP contribution in [0.3, 0.4) is 0 Å². The maximum Gasteiger partial charge on any atom is 0.210 e. The molecule has 2 heteroatoms. The maximum absolute atomic E-state index is 12.0. The summed E-state index contributed by atoms with van der Waals surface area (Å²) in [6.07, 6.45) is 27.8. The Morgan fingerprint density at radius 1 is 0.432 bits per heavy atom. The summed E-state index contributed by atoms with van der Waals surface area (Å²) < 4.78 is 1.56. The molecule has 1 aliphatic rings. The van der Waals surface area contributed by atoms with Gasteiger partial charge in [-0.2, -0.15) is 0 Å². The van der Waals surface area contributed by atoms with Crippen molar-refractivity contribution in [3.63, 3.8) is 0 Å². The number of aryl methyl sites for hydroxylation is 4. The van der Waals surface area contributed by atoms with Crippen LogP contribution in [0.4, 0.5) is 0 Å². The molecule has 0 spiro atoms. The lowest BCUT2D eigenvalue weighted by atomic mass is 9.95. The molecule has 1 heterocycles. The van der Waals surface area contributed by atoms with E-state index >= 15 is 0 Å². The molecular weight excluding hydrogens is 532 g/mol. The van der Waals surface area contributed by atoms with Gasteiger partial charge in [-0.1, -0.05) is 117 Å². The average Bonchev–Trinajstić information content (AvgIpc) is 3.37. The number of nitrogens with zero attached hydrogens (tertiary/aromatic N) is 2. The van der Waals surface area contributed by atoms with E-state index < -0.39 is 0 Å². The summed E-state index contributed by atoms with van der Waals surface area (Å²) >= 11 is 0. The van der Waals surface area contributed by atoms with Crippen LogP contribution in [0.1, 0.15) is 177 Å². The Kier molecular flexibility index (Phi) is 16.8. The van der Waals surface area contributed by atoms with Crippen LogP contribution in [0.2, 0.25) is 0 Å². The van der Waals surface area contributed by atoms with Gasteiger partial charge in [0.25, 0.3) is 0 Å². The second-order valence-corrected chi connectivity index (χ2v) is 13.4. The van der Waals surface area contributed by atoms with Crippen molar-refractivity contribution < 1.29 is 4.70 Å². The van der Waals surface area contributed by atoms with E-state index in [0.29, 0.717) is 0 Å². The third kappa shape index (κ3) is 11.5. The van der Waals surface area contributed by atoms with Gasteiger partial charge in [0.2, 0.25) is 11.4 Å². The third-order valence-corrected chi connectivity index (χ3v) is 9.31. The molecule has 2 aromatic rings. The van der Waals surface area contributed by atoms with Crippen molar-refractivity contribution in [3.05, 3.63) is 87.0 Å². The molecular formula is C42H64N2. The van der Waals surface area contributed by atoms with Crippen molar-refractivity contribution in [3.8, 4) is 0 Å². The van der Waals surface area contributed by atoms with Crippen molar-refractivity contribution in [1.29, 1.82) is 0 Å². The quantitative estimate of drug-likeness (QED) is 0.0900. The zero-order valence-corrected chi connectivity index (χ0v) is 29.3. The molecule has 2 aromatic carbocycles. The highest BCUT2D eigenvalue weighted by molar-refractivity contribution is 5.79. The fourth-order valence-electron chi connectivity index (χ4n) is 6.66. The van der Waals surface area contributed by atoms with Crippen molar-refractivity contribution in [2.45, 2.75) is 169 Å². The molecule has 0 bridgehead atoms. The Bertz CT molecular complexity index is 1210. The molecule has 1 aliphatic heterocycles. The molecule has 0 amide bonds. The smallest absolute Gasteiger partial charge is 0.210 e. The van der Waals surface area contributed by atoms with Gasteiger partial charge in [0.1, 0.15) is 0 Å². The number of hydrogen-bond acceptors (Lipinski definition) is 0. The zero-order valence-electron chi connectivity index (χ0n) is 29.3. The molecule has 3 rings (SSSR count). The van der Waals surface area contributed by atoms with E-state index in [0.717, 1.165) is 43.5 Å². The van der Waals surface area contributed by atoms with Crippen LogP contribution in [0.5, 0.6) is 0 Å². The van der Waals surface area contributed by atoms with E-state index in [1.165, 1.54) is 142 Å². The Morgan fingerprint density at radius 3 is 1.25 bits per heavy atom. The highest BCUT2D eigenvalue weighted by Gasteiger charge is 2.29. The van der Waals surface area contributed by atoms with Crippen LogP contribution in [-0.4, -0.2) is 4.70 Å². The van der Waals surface area contributed by atoms with Gasteiger partial charge in [-0.05, 0) is 111 Å². The normalized spacial score (nSPS) is 13.3. The largest absolute Gasteiger partial charge is 0.493 e. The summed E-state index contributed by atoms with van der Waals surface area (Å²) in [5.41, 5.74) is 23.4. The van der Waals surface area contributed by atoms with Crippen LogP contribution in [0, 0.1) is 0 Å². The number of rotatable bonds is 23. The van der Waals surface area contributed by atoms with Crippen LogP contribution >= 0.6 is 0 Å². The Balaban J connectivity index is 2.00. The van der Waals surface area contributed by atoms with Gasteiger partial charge in [-0.3, -0.25) is 0 Å². The molecule has 0 atom stereocenters. The van der Waals surface area contributed by atoms with Gasteiger partial charge in [0, 0.05) is 22.8 Å². The molecule has 2 nitrogen and oxygen atoms in total. The first kappa shape index (κ1) is 36.0. The average molecular weight is 597 g/mol. The number of benzene rings is 2. The number of hydrogen-bond donors (Lipinski definition) is 0. The second-order valence-electron chi connectivity index (χ2n) is 13.4. The summed E-state index contributed by atoms with van der Waals surface area (Å²) in [4.78, 5) is 0. The lowest BCUT2D eigenvalue weighted by Gasteiger charge is -2.15. The summed E-state index contributed by atoms with van der Waals surface area (Å²) in [7, 11) is 0. The monoisotopic (exact) mass is 597 g/mol. The highest BCUT2D eigenvalue weighted by Crippen LogP contribution is 2.39. The zero-order chi connectivity index (χ0) is 31.6. The molecule has 0 unspecified atom stereocenters. The number of unbranched alkanes of at least 4 members (excludes halogenated alkanes) is 11. The Morgan fingerprint density at radius 2 is 0.818 bits per heavy atom. The highest BCUT2D eigenvalue weighted by atomic mass is 15.2. The minimum absolute atomic E-state index is 0.960. The van der Waals surface area contributed by atoms with Crippen molar-refractivity contribution in [2.75, 3.05) is 0 Å². The first-order chi connectivity index (χ1) is 21.5. The van der Waals surface area contributed by atoms with Gasteiger partial charge in [0.15, 0.2) is 0 Å². The van der Waals surface area contributed by atoms with Gasteiger partial charge < -0.3 is 5.53 Å². The summed E-state index contributed by atoms with van der Waals surface area (Å²) in [5, 5.41) is 0. The van der Waals surface area contributed by atoms with Crippen LogP contribution in [-0.2, 0) is 25.7 Å². The predicted octanol–water partition coefficient (Wildman–Crippen LogP) is 13.4. The second kappa shape index (κ2) is 20.5. The lowest BCUT2D eigenvalue weighted by Crippen LogP contribution is -2.05. The topological polar surface area (TPSA) is 25.3 Å². The fourth-order valence-corrected chi connectivity index (χ4v) is 6.66. The molecule has 0 radical (unpaired) electrons. The molecule has 0 saturated heterocycles. The molecule has 0 N–H and O–H groups in total. The van der Waals surface area contributed by atoms with Crippen molar-refractivity contribution in [1.82, 2.24) is 0 Å². The van der Waals surface area contributed by atoms with E-state index in [-0.39, 0.29) is 0 Å². The van der Waals surface area contributed by atoms with Crippen molar-refractivity contribution >= 4 is 11.4 Å². The standard InChI is InChI=1S/C42H64N2/c1-6-11-16-19-24-36-27-34(22-14-9-4)29-39(30-36)41-33-38(26-21-18-13-8-3)42(44(41)43)40-31-35(23-15-10-5)28-37(32-40)25-20-17-12-7-2/h27-33H,6-26H2,1-5H3. The molecule has 44 heavy (non-hydrogen) atoms. The van der Waals surface area contributed by atoms with Crippen LogP contribution < -0.4 is 0 Å². The summed E-state index contributed by atoms with van der Waals surface area (Å²) in [6, 6.07) is 14.4. The first-order valence-electron chi connectivity index (χ1n) is 18.7. The minimum atomic E-state index is 0.960. The summed E-state index contributed by atoms with van der Waals surface area (Å²) in [6.45, 7) is 11.4. The van der Waals surface area contributed by atoms with Crippen molar-refractivity contribution in [2.24, 2.45) is 0 Å². The molecule has 0 fully saturated rings. The van der Waals surface area contributed by atoms with Gasteiger partial charge >= 0.3 is 0 Å². The molecule has 242 valence electrons. The van der Waals surface area contributed by atoms with E-state index in [1.807, 2.05) is 0 Å². The minimum Gasteiger partial charge on any atom is -0.493 e. The number of allylic oxidation sites excluding steroid dienone is 2. The van der Waals surface area contributed by atoms with E-state index in [9.17, 15) is 5.53 Å². The predicted molar refractivity (Wildman–Crippen MR) is 193 cm³/mol. The fraction of sp³-hybridized carbons (Fsp3) is 0.619. The van der Waals surface area contributed by atoms with Crippen LogP contribution in [0.25, 0.3) is 16.9 Å². The first-order valence-corrected chi connectivity index (χ1v) is 18.7. The van der Waals surface area contributed by atoms with E-state index in [4.69, 9.17) is 0 Å². The molecule has 0 aliphatic carbocycles. The molecule has 0 saturated carbocycles. The van der Waals surface area contributed by atoms with Gasteiger partial charge in [-0.15, -0.1) is 0 Å². The van der Waals surface area contributed by atoms with Gasteiger partial charge in [-0.25, -0.2) is 4.70 Å². The van der Waals surface area contributed by atoms with E-state index in [2.05, 4.69) is 77.1 Å².